The highest BCUT2D eigenvalue weighted by molar-refractivity contribution is 7.85. The van der Waals surface area contributed by atoms with Crippen LogP contribution in [0, 0.1) is 6.92 Å². The van der Waals surface area contributed by atoms with Crippen molar-refractivity contribution in [1.82, 2.24) is 0 Å². The molecule has 0 aromatic heterocycles. The van der Waals surface area contributed by atoms with Gasteiger partial charge in [-0.1, -0.05) is 17.7 Å². The van der Waals surface area contributed by atoms with Gasteiger partial charge in [0.2, 0.25) is 0 Å². The van der Waals surface area contributed by atoms with Crippen molar-refractivity contribution in [3.63, 3.8) is 0 Å². The van der Waals surface area contributed by atoms with Crippen LogP contribution in [0.5, 0.6) is 0 Å². The van der Waals surface area contributed by atoms with Crippen molar-refractivity contribution in [2.75, 3.05) is 12.3 Å². The molecule has 0 amide bonds. The van der Waals surface area contributed by atoms with Crippen LogP contribution in [0.25, 0.3) is 0 Å². The van der Waals surface area contributed by atoms with E-state index in [1.165, 1.54) is 5.56 Å². The molecule has 3 heteroatoms. The van der Waals surface area contributed by atoms with E-state index in [9.17, 15) is 4.21 Å². The van der Waals surface area contributed by atoms with Gasteiger partial charge in [0, 0.05) is 10.6 Å². The molecule has 2 nitrogen and oxygen atoms in total. The Morgan fingerprint density at radius 3 is 2.46 bits per heavy atom. The minimum Gasteiger partial charge on any atom is -0.330 e. The molecule has 1 aromatic rings. The molecule has 0 radical (unpaired) electrons. The summed E-state index contributed by atoms with van der Waals surface area (Å²) >= 11 is 0. The predicted octanol–water partition coefficient (Wildman–Crippen LogP) is 1.45. The van der Waals surface area contributed by atoms with Gasteiger partial charge in [-0.15, -0.1) is 0 Å². The molecule has 1 unspecified atom stereocenters. The lowest BCUT2D eigenvalue weighted by Crippen LogP contribution is -2.05. The van der Waals surface area contributed by atoms with E-state index in [-0.39, 0.29) is 0 Å². The van der Waals surface area contributed by atoms with Crippen molar-refractivity contribution < 1.29 is 4.21 Å². The Kier molecular flexibility index (Phi) is 4.12. The monoisotopic (exact) mass is 197 g/mol. The SMILES string of the molecule is Cc1ccc(S(=O)CCCN)cc1. The minimum atomic E-state index is -0.872. The average molecular weight is 197 g/mol. The fraction of sp³-hybridized carbons (Fsp3) is 0.400. The van der Waals surface area contributed by atoms with Gasteiger partial charge in [0.1, 0.15) is 0 Å². The predicted molar refractivity (Wildman–Crippen MR) is 56.1 cm³/mol. The molecule has 13 heavy (non-hydrogen) atoms. The third kappa shape index (κ3) is 3.28. The van der Waals surface area contributed by atoms with Crippen LogP contribution in [0.3, 0.4) is 0 Å². The third-order valence-corrected chi connectivity index (χ3v) is 3.28. The quantitative estimate of drug-likeness (QED) is 0.794. The lowest BCUT2D eigenvalue weighted by Gasteiger charge is -2.01. The van der Waals surface area contributed by atoms with Gasteiger partial charge in [-0.05, 0) is 32.0 Å². The second-order valence-corrected chi connectivity index (χ2v) is 4.58. The lowest BCUT2D eigenvalue weighted by molar-refractivity contribution is 0.680. The number of rotatable bonds is 4. The molecule has 0 saturated heterocycles. The zero-order valence-electron chi connectivity index (χ0n) is 7.82. The number of hydrogen-bond acceptors (Lipinski definition) is 2. The Morgan fingerprint density at radius 2 is 1.92 bits per heavy atom. The first kappa shape index (κ1) is 10.4. The van der Waals surface area contributed by atoms with Crippen LogP contribution >= 0.6 is 0 Å². The molecule has 72 valence electrons. The molecule has 0 spiro atoms. The molecule has 0 aliphatic carbocycles. The van der Waals surface area contributed by atoms with Crippen LogP contribution in [-0.2, 0) is 10.8 Å². The number of benzene rings is 1. The molecule has 0 aliphatic rings. The van der Waals surface area contributed by atoms with Gasteiger partial charge < -0.3 is 5.73 Å². The first-order valence-corrected chi connectivity index (χ1v) is 5.71. The van der Waals surface area contributed by atoms with E-state index in [2.05, 4.69) is 0 Å². The van der Waals surface area contributed by atoms with Crippen molar-refractivity contribution >= 4 is 10.8 Å². The molecule has 1 atom stereocenters. The summed E-state index contributed by atoms with van der Waals surface area (Å²) in [5, 5.41) is 0. The molecule has 1 rings (SSSR count). The van der Waals surface area contributed by atoms with E-state index in [1.807, 2.05) is 31.2 Å². The number of hydrogen-bond donors (Lipinski definition) is 1. The van der Waals surface area contributed by atoms with Crippen molar-refractivity contribution in [2.45, 2.75) is 18.2 Å². The fourth-order valence-corrected chi connectivity index (χ4v) is 2.13. The Labute approximate surface area is 81.6 Å². The fourth-order valence-electron chi connectivity index (χ4n) is 1.02. The first-order chi connectivity index (χ1) is 6.24. The Hall–Kier alpha value is -0.670. The summed E-state index contributed by atoms with van der Waals surface area (Å²) in [6.07, 6.45) is 0.820. The molecular weight excluding hydrogens is 182 g/mol. The van der Waals surface area contributed by atoms with Gasteiger partial charge >= 0.3 is 0 Å². The Morgan fingerprint density at radius 1 is 1.31 bits per heavy atom. The highest BCUT2D eigenvalue weighted by atomic mass is 32.2. The molecule has 1 aromatic carbocycles. The van der Waals surface area contributed by atoms with E-state index in [4.69, 9.17) is 5.73 Å². The van der Waals surface area contributed by atoms with Gasteiger partial charge in [0.25, 0.3) is 0 Å². The Balaban J connectivity index is 2.61. The summed E-state index contributed by atoms with van der Waals surface area (Å²) < 4.78 is 11.6. The van der Waals surface area contributed by atoms with Gasteiger partial charge in [-0.25, -0.2) is 0 Å². The van der Waals surface area contributed by atoms with E-state index < -0.39 is 10.8 Å². The first-order valence-electron chi connectivity index (χ1n) is 4.39. The number of aryl methyl sites for hydroxylation is 1. The van der Waals surface area contributed by atoms with Crippen molar-refractivity contribution in [3.8, 4) is 0 Å². The lowest BCUT2D eigenvalue weighted by atomic mass is 10.2. The van der Waals surface area contributed by atoms with Crippen LogP contribution in [0.2, 0.25) is 0 Å². The molecule has 0 saturated carbocycles. The maximum Gasteiger partial charge on any atom is 0.0529 e. The zero-order chi connectivity index (χ0) is 9.68. The molecular formula is C10H15NOS. The van der Waals surface area contributed by atoms with Gasteiger partial charge in [0.05, 0.1) is 10.8 Å². The van der Waals surface area contributed by atoms with Crippen LogP contribution in [-0.4, -0.2) is 16.5 Å². The summed E-state index contributed by atoms with van der Waals surface area (Å²) in [5.41, 5.74) is 6.54. The zero-order valence-corrected chi connectivity index (χ0v) is 8.64. The highest BCUT2D eigenvalue weighted by Crippen LogP contribution is 2.08. The molecule has 0 fully saturated rings. The van der Waals surface area contributed by atoms with Crippen LogP contribution in [0.15, 0.2) is 29.2 Å². The summed E-state index contributed by atoms with van der Waals surface area (Å²) in [6.45, 7) is 2.63. The molecule has 2 N–H and O–H groups in total. The average Bonchev–Trinajstić information content (AvgIpc) is 2.15. The van der Waals surface area contributed by atoms with Crippen LogP contribution in [0.4, 0.5) is 0 Å². The molecule has 0 bridgehead atoms. The van der Waals surface area contributed by atoms with Crippen molar-refractivity contribution in [3.05, 3.63) is 29.8 Å². The van der Waals surface area contributed by atoms with E-state index in [1.54, 1.807) is 0 Å². The largest absolute Gasteiger partial charge is 0.330 e. The second kappa shape index (κ2) is 5.14. The van der Waals surface area contributed by atoms with Crippen molar-refractivity contribution in [2.24, 2.45) is 5.73 Å². The van der Waals surface area contributed by atoms with Gasteiger partial charge in [-0.2, -0.15) is 0 Å². The summed E-state index contributed by atoms with van der Waals surface area (Å²) in [4.78, 5) is 0.902. The highest BCUT2D eigenvalue weighted by Gasteiger charge is 2.01. The number of nitrogens with two attached hydrogens (primary N) is 1. The van der Waals surface area contributed by atoms with E-state index in [0.29, 0.717) is 12.3 Å². The standard InChI is InChI=1S/C10H15NOS/c1-9-3-5-10(6-4-9)13(12)8-2-7-11/h3-6H,2,7-8,11H2,1H3. The van der Waals surface area contributed by atoms with Crippen molar-refractivity contribution in [1.29, 1.82) is 0 Å². The summed E-state index contributed by atoms with van der Waals surface area (Å²) in [7, 11) is -0.872. The van der Waals surface area contributed by atoms with Crippen LogP contribution in [0.1, 0.15) is 12.0 Å². The smallest absolute Gasteiger partial charge is 0.0529 e. The summed E-state index contributed by atoms with van der Waals surface area (Å²) in [5.74, 6) is 0.666. The topological polar surface area (TPSA) is 43.1 Å². The second-order valence-electron chi connectivity index (χ2n) is 3.00. The summed E-state index contributed by atoms with van der Waals surface area (Å²) in [6, 6.07) is 7.80. The van der Waals surface area contributed by atoms with E-state index >= 15 is 0 Å². The molecule has 0 heterocycles. The molecule has 0 aliphatic heterocycles. The maximum atomic E-state index is 11.6. The minimum absolute atomic E-state index is 0.609. The normalized spacial score (nSPS) is 12.8. The van der Waals surface area contributed by atoms with Gasteiger partial charge in [-0.3, -0.25) is 4.21 Å². The van der Waals surface area contributed by atoms with Gasteiger partial charge in [0.15, 0.2) is 0 Å². The van der Waals surface area contributed by atoms with E-state index in [0.717, 1.165) is 11.3 Å². The van der Waals surface area contributed by atoms with Crippen LogP contribution < -0.4 is 5.73 Å². The maximum absolute atomic E-state index is 11.6. The third-order valence-electron chi connectivity index (χ3n) is 1.82. The Bertz CT molecular complexity index is 281.